The van der Waals surface area contributed by atoms with E-state index < -0.39 is 9.84 Å². The number of hydrogen-bond donors (Lipinski definition) is 2. The molecule has 1 aromatic rings. The predicted octanol–water partition coefficient (Wildman–Crippen LogP) is 0.920. The standard InChI is InChI=1S/C12H17N3O3S/c1-9-8-19(17,18)7-6-15(9)12(16)14-11-4-2-10(13)3-5-11/h2-5,9H,6-8,13H2,1H3,(H,14,16). The van der Waals surface area contributed by atoms with E-state index in [0.717, 1.165) is 0 Å². The minimum atomic E-state index is -3.02. The van der Waals surface area contributed by atoms with Crippen molar-refractivity contribution in [2.75, 3.05) is 29.1 Å². The third kappa shape index (κ3) is 3.37. The van der Waals surface area contributed by atoms with Crippen LogP contribution in [0.15, 0.2) is 24.3 Å². The molecule has 6 nitrogen and oxygen atoms in total. The first-order valence-electron chi connectivity index (χ1n) is 6.01. The molecule has 1 aromatic carbocycles. The van der Waals surface area contributed by atoms with E-state index >= 15 is 0 Å². The molecule has 0 saturated carbocycles. The summed E-state index contributed by atoms with van der Waals surface area (Å²) >= 11 is 0. The van der Waals surface area contributed by atoms with E-state index in [2.05, 4.69) is 5.32 Å². The number of anilines is 2. The normalized spacial score (nSPS) is 21.9. The Morgan fingerprint density at radius 3 is 2.58 bits per heavy atom. The summed E-state index contributed by atoms with van der Waals surface area (Å²) in [5, 5.41) is 2.73. The maximum atomic E-state index is 12.1. The number of nitrogens with two attached hydrogens (primary N) is 1. The number of urea groups is 1. The Kier molecular flexibility index (Phi) is 3.66. The van der Waals surface area contributed by atoms with E-state index in [1.54, 1.807) is 31.2 Å². The predicted molar refractivity (Wildman–Crippen MR) is 74.7 cm³/mol. The Labute approximate surface area is 112 Å². The van der Waals surface area contributed by atoms with Gasteiger partial charge in [0.2, 0.25) is 0 Å². The zero-order valence-corrected chi connectivity index (χ0v) is 11.5. The van der Waals surface area contributed by atoms with Gasteiger partial charge in [-0.3, -0.25) is 0 Å². The largest absolute Gasteiger partial charge is 0.399 e. The molecule has 3 N–H and O–H groups in total. The summed E-state index contributed by atoms with van der Waals surface area (Å²) in [6.45, 7) is 1.96. The van der Waals surface area contributed by atoms with Crippen LogP contribution >= 0.6 is 0 Å². The van der Waals surface area contributed by atoms with Crippen molar-refractivity contribution in [2.45, 2.75) is 13.0 Å². The van der Waals surface area contributed by atoms with Gasteiger partial charge in [-0.15, -0.1) is 0 Å². The summed E-state index contributed by atoms with van der Waals surface area (Å²) in [6.07, 6.45) is 0. The van der Waals surface area contributed by atoms with Crippen molar-refractivity contribution in [2.24, 2.45) is 0 Å². The number of hydrogen-bond acceptors (Lipinski definition) is 4. The molecular weight excluding hydrogens is 266 g/mol. The van der Waals surface area contributed by atoms with E-state index in [1.807, 2.05) is 0 Å². The van der Waals surface area contributed by atoms with E-state index in [9.17, 15) is 13.2 Å². The number of amides is 2. The zero-order chi connectivity index (χ0) is 14.0. The highest BCUT2D eigenvalue weighted by Gasteiger charge is 2.31. The third-order valence-corrected chi connectivity index (χ3v) is 4.89. The number of nitrogen functional groups attached to an aromatic ring is 1. The monoisotopic (exact) mass is 283 g/mol. The molecule has 2 rings (SSSR count). The topological polar surface area (TPSA) is 92.5 Å². The molecule has 0 spiro atoms. The first-order valence-corrected chi connectivity index (χ1v) is 7.83. The summed E-state index contributed by atoms with van der Waals surface area (Å²) in [5.41, 5.74) is 6.82. The number of rotatable bonds is 1. The maximum Gasteiger partial charge on any atom is 0.322 e. The van der Waals surface area contributed by atoms with Crippen LogP contribution in [0.5, 0.6) is 0 Å². The molecule has 19 heavy (non-hydrogen) atoms. The smallest absolute Gasteiger partial charge is 0.322 e. The molecule has 104 valence electrons. The van der Waals surface area contributed by atoms with Crippen LogP contribution in [0.3, 0.4) is 0 Å². The van der Waals surface area contributed by atoms with Gasteiger partial charge in [0, 0.05) is 24.0 Å². The Morgan fingerprint density at radius 2 is 2.00 bits per heavy atom. The second-order valence-electron chi connectivity index (χ2n) is 4.71. The Hall–Kier alpha value is -1.76. The highest BCUT2D eigenvalue weighted by molar-refractivity contribution is 7.91. The molecule has 1 unspecified atom stereocenters. The molecular formula is C12H17N3O3S. The van der Waals surface area contributed by atoms with Crippen LogP contribution in [-0.4, -0.2) is 43.4 Å². The Morgan fingerprint density at radius 1 is 1.37 bits per heavy atom. The first-order chi connectivity index (χ1) is 8.87. The van der Waals surface area contributed by atoms with Gasteiger partial charge >= 0.3 is 6.03 Å². The number of sulfone groups is 1. The van der Waals surface area contributed by atoms with Gasteiger partial charge < -0.3 is 16.0 Å². The number of nitrogens with zero attached hydrogens (tertiary/aromatic N) is 1. The molecule has 0 aliphatic carbocycles. The second kappa shape index (κ2) is 5.08. The van der Waals surface area contributed by atoms with Crippen LogP contribution in [0, 0.1) is 0 Å². The third-order valence-electron chi connectivity index (χ3n) is 3.09. The average Bonchev–Trinajstić information content (AvgIpc) is 2.30. The summed E-state index contributed by atoms with van der Waals surface area (Å²) in [5.74, 6) is 0.0364. The highest BCUT2D eigenvalue weighted by atomic mass is 32.2. The van der Waals surface area contributed by atoms with Crippen molar-refractivity contribution in [3.8, 4) is 0 Å². The van der Waals surface area contributed by atoms with Gasteiger partial charge in [-0.05, 0) is 31.2 Å². The second-order valence-corrected chi connectivity index (χ2v) is 6.94. The molecule has 7 heteroatoms. The molecule has 1 atom stereocenters. The lowest BCUT2D eigenvalue weighted by molar-refractivity contribution is 0.199. The fourth-order valence-corrected chi connectivity index (χ4v) is 3.62. The fraction of sp³-hybridized carbons (Fsp3) is 0.417. The molecule has 1 aliphatic rings. The Balaban J connectivity index is 2.02. The van der Waals surface area contributed by atoms with Gasteiger partial charge in [0.25, 0.3) is 0 Å². The molecule has 1 saturated heterocycles. The van der Waals surface area contributed by atoms with Crippen LogP contribution in [0.25, 0.3) is 0 Å². The lowest BCUT2D eigenvalue weighted by Gasteiger charge is -2.33. The molecule has 2 amide bonds. The van der Waals surface area contributed by atoms with Crippen molar-refractivity contribution in [3.05, 3.63) is 24.3 Å². The van der Waals surface area contributed by atoms with Crippen LogP contribution in [0.1, 0.15) is 6.92 Å². The van der Waals surface area contributed by atoms with E-state index in [1.165, 1.54) is 4.90 Å². The van der Waals surface area contributed by atoms with Gasteiger partial charge in [-0.25, -0.2) is 13.2 Å². The summed E-state index contributed by atoms with van der Waals surface area (Å²) in [4.78, 5) is 13.6. The van der Waals surface area contributed by atoms with Gasteiger partial charge in [0.1, 0.15) is 0 Å². The highest BCUT2D eigenvalue weighted by Crippen LogP contribution is 2.15. The van der Waals surface area contributed by atoms with Crippen molar-refractivity contribution >= 4 is 27.2 Å². The maximum absolute atomic E-state index is 12.1. The molecule has 1 heterocycles. The van der Waals surface area contributed by atoms with Gasteiger partial charge in [0.15, 0.2) is 9.84 Å². The first kappa shape index (κ1) is 13.7. The molecule has 0 bridgehead atoms. The molecule has 0 aromatic heterocycles. The average molecular weight is 283 g/mol. The van der Waals surface area contributed by atoms with E-state index in [-0.39, 0.29) is 30.1 Å². The minimum absolute atomic E-state index is 0.0160. The van der Waals surface area contributed by atoms with Crippen LogP contribution in [0.4, 0.5) is 16.2 Å². The minimum Gasteiger partial charge on any atom is -0.399 e. The van der Waals surface area contributed by atoms with Gasteiger partial charge in [-0.2, -0.15) is 0 Å². The summed E-state index contributed by atoms with van der Waals surface area (Å²) in [7, 11) is -3.02. The van der Waals surface area contributed by atoms with Crippen molar-refractivity contribution in [1.29, 1.82) is 0 Å². The summed E-state index contributed by atoms with van der Waals surface area (Å²) < 4.78 is 22.9. The number of benzene rings is 1. The van der Waals surface area contributed by atoms with Crippen molar-refractivity contribution in [3.63, 3.8) is 0 Å². The lowest BCUT2D eigenvalue weighted by atomic mass is 10.3. The molecule has 1 fully saturated rings. The fourth-order valence-electron chi connectivity index (χ4n) is 2.06. The van der Waals surface area contributed by atoms with E-state index in [0.29, 0.717) is 11.4 Å². The summed E-state index contributed by atoms with van der Waals surface area (Å²) in [6, 6.07) is 6.20. The van der Waals surface area contributed by atoms with Crippen LogP contribution in [-0.2, 0) is 9.84 Å². The molecule has 1 aliphatic heterocycles. The van der Waals surface area contributed by atoms with Crippen molar-refractivity contribution < 1.29 is 13.2 Å². The van der Waals surface area contributed by atoms with Crippen LogP contribution < -0.4 is 11.1 Å². The van der Waals surface area contributed by atoms with Crippen molar-refractivity contribution in [1.82, 2.24) is 4.90 Å². The number of carbonyl (C=O) groups is 1. The van der Waals surface area contributed by atoms with Crippen LogP contribution in [0.2, 0.25) is 0 Å². The lowest BCUT2D eigenvalue weighted by Crippen LogP contribution is -2.51. The quantitative estimate of drug-likeness (QED) is 0.750. The number of carbonyl (C=O) groups excluding carboxylic acids is 1. The zero-order valence-electron chi connectivity index (χ0n) is 10.7. The van der Waals surface area contributed by atoms with Gasteiger partial charge in [0.05, 0.1) is 11.5 Å². The SMILES string of the molecule is CC1CS(=O)(=O)CCN1C(=O)Nc1ccc(N)cc1. The van der Waals surface area contributed by atoms with E-state index in [4.69, 9.17) is 5.73 Å². The molecule has 0 radical (unpaired) electrons. The Bertz CT molecular complexity index is 568. The number of nitrogens with one attached hydrogen (secondary N) is 1. The van der Waals surface area contributed by atoms with Gasteiger partial charge in [-0.1, -0.05) is 0 Å².